The Balaban J connectivity index is 2.29. The minimum Gasteiger partial charge on any atom is -0.308 e. The Hall–Kier alpha value is -0.920. The zero-order chi connectivity index (χ0) is 12.7. The molecule has 0 aliphatic rings. The zero-order valence-electron chi connectivity index (χ0n) is 10.9. The average molecular weight is 251 g/mol. The molecule has 1 unspecified atom stereocenters. The SMILES string of the molecule is CCC(NCCCC(C)(C)C#N)c1nccs1. The highest BCUT2D eigenvalue weighted by atomic mass is 32.1. The van der Waals surface area contributed by atoms with E-state index in [0.717, 1.165) is 30.8 Å². The fourth-order valence-electron chi connectivity index (χ4n) is 1.68. The Labute approximate surface area is 108 Å². The summed E-state index contributed by atoms with van der Waals surface area (Å²) < 4.78 is 0. The summed E-state index contributed by atoms with van der Waals surface area (Å²) in [5.74, 6) is 0. The Morgan fingerprint density at radius 1 is 1.59 bits per heavy atom. The van der Waals surface area contributed by atoms with Crippen molar-refractivity contribution in [1.82, 2.24) is 10.3 Å². The van der Waals surface area contributed by atoms with Gasteiger partial charge in [-0.25, -0.2) is 4.98 Å². The summed E-state index contributed by atoms with van der Waals surface area (Å²) in [4.78, 5) is 4.33. The van der Waals surface area contributed by atoms with Gasteiger partial charge in [0.05, 0.1) is 17.5 Å². The fourth-order valence-corrected chi connectivity index (χ4v) is 2.47. The van der Waals surface area contributed by atoms with Gasteiger partial charge in [-0.05, 0) is 39.7 Å². The van der Waals surface area contributed by atoms with Gasteiger partial charge >= 0.3 is 0 Å². The number of nitrogens with one attached hydrogen (secondary N) is 1. The van der Waals surface area contributed by atoms with Gasteiger partial charge in [0.15, 0.2) is 0 Å². The van der Waals surface area contributed by atoms with Gasteiger partial charge in [0.25, 0.3) is 0 Å². The maximum atomic E-state index is 8.92. The van der Waals surface area contributed by atoms with Crippen LogP contribution in [0.5, 0.6) is 0 Å². The van der Waals surface area contributed by atoms with Crippen LogP contribution in [-0.4, -0.2) is 11.5 Å². The summed E-state index contributed by atoms with van der Waals surface area (Å²) in [6.07, 6.45) is 4.87. The molecule has 0 radical (unpaired) electrons. The molecule has 0 bridgehead atoms. The lowest BCUT2D eigenvalue weighted by molar-refractivity contribution is 0.410. The van der Waals surface area contributed by atoms with Crippen molar-refractivity contribution in [2.45, 2.75) is 46.1 Å². The summed E-state index contributed by atoms with van der Waals surface area (Å²) in [5, 5.41) is 15.6. The van der Waals surface area contributed by atoms with Crippen molar-refractivity contribution in [2.24, 2.45) is 5.41 Å². The van der Waals surface area contributed by atoms with E-state index in [1.165, 1.54) is 0 Å². The first-order valence-corrected chi connectivity index (χ1v) is 7.01. The molecule has 1 rings (SSSR count). The van der Waals surface area contributed by atoms with Crippen LogP contribution in [0.4, 0.5) is 0 Å². The standard InChI is InChI=1S/C13H21N3S/c1-4-11(12-16-8-9-17-12)15-7-5-6-13(2,3)10-14/h8-9,11,15H,4-7H2,1-3H3. The molecule has 0 saturated heterocycles. The van der Waals surface area contributed by atoms with E-state index in [0.29, 0.717) is 6.04 Å². The molecular weight excluding hydrogens is 230 g/mol. The van der Waals surface area contributed by atoms with E-state index in [2.05, 4.69) is 23.3 Å². The van der Waals surface area contributed by atoms with Crippen LogP contribution < -0.4 is 5.32 Å². The average Bonchev–Trinajstić information content (AvgIpc) is 2.83. The van der Waals surface area contributed by atoms with Gasteiger partial charge in [0, 0.05) is 11.6 Å². The molecular formula is C13H21N3S. The first kappa shape index (κ1) is 14.1. The highest BCUT2D eigenvalue weighted by molar-refractivity contribution is 7.09. The van der Waals surface area contributed by atoms with Gasteiger partial charge in [-0.2, -0.15) is 5.26 Å². The molecule has 0 amide bonds. The number of aromatic nitrogens is 1. The Morgan fingerprint density at radius 3 is 2.88 bits per heavy atom. The molecule has 0 aliphatic heterocycles. The van der Waals surface area contributed by atoms with Crippen molar-refractivity contribution in [3.63, 3.8) is 0 Å². The third kappa shape index (κ3) is 4.84. The molecule has 0 aromatic carbocycles. The molecule has 0 saturated carbocycles. The third-order valence-corrected chi connectivity index (χ3v) is 3.72. The second kappa shape index (κ2) is 6.73. The van der Waals surface area contributed by atoms with E-state index in [9.17, 15) is 0 Å². The summed E-state index contributed by atoms with van der Waals surface area (Å²) in [5.41, 5.74) is -0.204. The molecule has 4 heteroatoms. The molecule has 3 nitrogen and oxygen atoms in total. The summed E-state index contributed by atoms with van der Waals surface area (Å²) in [6, 6.07) is 2.69. The van der Waals surface area contributed by atoms with Gasteiger partial charge in [-0.3, -0.25) is 0 Å². The van der Waals surface area contributed by atoms with E-state index in [-0.39, 0.29) is 5.41 Å². The predicted octanol–water partition coefficient (Wildman–Crippen LogP) is 3.51. The maximum Gasteiger partial charge on any atom is 0.109 e. The van der Waals surface area contributed by atoms with Crippen LogP contribution in [0.15, 0.2) is 11.6 Å². The van der Waals surface area contributed by atoms with Crippen LogP contribution in [0.25, 0.3) is 0 Å². The lowest BCUT2D eigenvalue weighted by Crippen LogP contribution is -2.23. The van der Waals surface area contributed by atoms with Crippen LogP contribution in [0.3, 0.4) is 0 Å². The summed E-state index contributed by atoms with van der Waals surface area (Å²) in [6.45, 7) is 7.09. The molecule has 94 valence electrons. The Kier molecular flexibility index (Phi) is 5.60. The van der Waals surface area contributed by atoms with Gasteiger partial charge in [0.2, 0.25) is 0 Å². The largest absolute Gasteiger partial charge is 0.308 e. The topological polar surface area (TPSA) is 48.7 Å². The van der Waals surface area contributed by atoms with E-state index in [1.807, 2.05) is 25.4 Å². The maximum absolute atomic E-state index is 8.92. The molecule has 17 heavy (non-hydrogen) atoms. The lowest BCUT2D eigenvalue weighted by Gasteiger charge is -2.17. The number of rotatable bonds is 7. The highest BCUT2D eigenvalue weighted by Crippen LogP contribution is 2.22. The van der Waals surface area contributed by atoms with Crippen molar-refractivity contribution in [3.8, 4) is 6.07 Å². The fraction of sp³-hybridized carbons (Fsp3) is 0.692. The zero-order valence-corrected chi connectivity index (χ0v) is 11.7. The summed E-state index contributed by atoms with van der Waals surface area (Å²) in [7, 11) is 0. The van der Waals surface area contributed by atoms with Crippen LogP contribution in [0, 0.1) is 16.7 Å². The van der Waals surface area contributed by atoms with Crippen molar-refractivity contribution < 1.29 is 0 Å². The molecule has 1 heterocycles. The summed E-state index contributed by atoms with van der Waals surface area (Å²) >= 11 is 1.70. The molecule has 1 N–H and O–H groups in total. The van der Waals surface area contributed by atoms with Crippen LogP contribution in [0.1, 0.15) is 51.1 Å². The lowest BCUT2D eigenvalue weighted by atomic mass is 9.90. The van der Waals surface area contributed by atoms with Gasteiger partial charge < -0.3 is 5.32 Å². The Morgan fingerprint density at radius 2 is 2.35 bits per heavy atom. The second-order valence-corrected chi connectivity index (χ2v) is 5.81. The quantitative estimate of drug-likeness (QED) is 0.754. The van der Waals surface area contributed by atoms with Gasteiger partial charge in [-0.15, -0.1) is 11.3 Å². The number of nitrogens with zero attached hydrogens (tertiary/aromatic N) is 2. The van der Waals surface area contributed by atoms with Crippen LogP contribution in [0.2, 0.25) is 0 Å². The second-order valence-electron chi connectivity index (χ2n) is 4.88. The predicted molar refractivity (Wildman–Crippen MR) is 71.8 cm³/mol. The third-order valence-electron chi connectivity index (χ3n) is 2.83. The van der Waals surface area contributed by atoms with Crippen molar-refractivity contribution in [2.75, 3.05) is 6.54 Å². The smallest absolute Gasteiger partial charge is 0.109 e. The van der Waals surface area contributed by atoms with Crippen molar-refractivity contribution in [1.29, 1.82) is 5.26 Å². The molecule has 0 spiro atoms. The number of hydrogen-bond acceptors (Lipinski definition) is 4. The first-order valence-electron chi connectivity index (χ1n) is 6.13. The monoisotopic (exact) mass is 251 g/mol. The Bertz CT molecular complexity index is 351. The van der Waals surface area contributed by atoms with Crippen molar-refractivity contribution in [3.05, 3.63) is 16.6 Å². The van der Waals surface area contributed by atoms with Crippen LogP contribution >= 0.6 is 11.3 Å². The first-order chi connectivity index (χ1) is 8.09. The van der Waals surface area contributed by atoms with E-state index in [4.69, 9.17) is 5.26 Å². The molecule has 0 aliphatic carbocycles. The minimum absolute atomic E-state index is 0.204. The van der Waals surface area contributed by atoms with E-state index < -0.39 is 0 Å². The molecule has 1 aromatic heterocycles. The van der Waals surface area contributed by atoms with E-state index in [1.54, 1.807) is 11.3 Å². The minimum atomic E-state index is -0.204. The van der Waals surface area contributed by atoms with E-state index >= 15 is 0 Å². The van der Waals surface area contributed by atoms with Crippen molar-refractivity contribution >= 4 is 11.3 Å². The number of nitriles is 1. The molecule has 1 aromatic rings. The van der Waals surface area contributed by atoms with Gasteiger partial charge in [0.1, 0.15) is 5.01 Å². The van der Waals surface area contributed by atoms with Crippen LogP contribution in [-0.2, 0) is 0 Å². The number of hydrogen-bond donors (Lipinski definition) is 1. The van der Waals surface area contributed by atoms with Gasteiger partial charge in [-0.1, -0.05) is 6.92 Å². The number of thiazole rings is 1. The molecule has 0 fully saturated rings. The normalized spacial score (nSPS) is 13.3. The highest BCUT2D eigenvalue weighted by Gasteiger charge is 2.16. The molecule has 1 atom stereocenters.